The summed E-state index contributed by atoms with van der Waals surface area (Å²) in [6, 6.07) is 0. The van der Waals surface area contributed by atoms with Gasteiger partial charge in [0.2, 0.25) is 0 Å². The summed E-state index contributed by atoms with van der Waals surface area (Å²) < 4.78 is 0. The molecule has 3 nitrogen and oxygen atoms in total. The van der Waals surface area contributed by atoms with Gasteiger partial charge >= 0.3 is 0 Å². The van der Waals surface area contributed by atoms with Crippen molar-refractivity contribution in [1.29, 1.82) is 0 Å². The monoisotopic (exact) mass is 170 g/mol. The Hall–Kier alpha value is -0.610. The number of aromatic nitrogens is 1. The standard InChI is InChI=1S/C7H10N2OS/c8-7-9-6(3-11-7)4-1-5(10)2-4/h3-5,10H,1-2H2,(H2,8,9). The van der Waals surface area contributed by atoms with Gasteiger partial charge in [-0.1, -0.05) is 0 Å². The van der Waals surface area contributed by atoms with Gasteiger partial charge in [0.15, 0.2) is 5.13 Å². The summed E-state index contributed by atoms with van der Waals surface area (Å²) in [5.41, 5.74) is 6.53. The van der Waals surface area contributed by atoms with E-state index in [1.807, 2.05) is 5.38 Å². The van der Waals surface area contributed by atoms with E-state index in [-0.39, 0.29) is 6.10 Å². The molecule has 11 heavy (non-hydrogen) atoms. The minimum absolute atomic E-state index is 0.108. The quantitative estimate of drug-likeness (QED) is 0.660. The molecule has 0 bridgehead atoms. The molecule has 4 heteroatoms. The largest absolute Gasteiger partial charge is 0.393 e. The fourth-order valence-corrected chi connectivity index (χ4v) is 1.96. The molecule has 3 N–H and O–H groups in total. The van der Waals surface area contributed by atoms with Crippen molar-refractivity contribution in [1.82, 2.24) is 4.98 Å². The average Bonchev–Trinajstić information content (AvgIpc) is 2.29. The van der Waals surface area contributed by atoms with Crippen molar-refractivity contribution in [2.24, 2.45) is 0 Å². The Morgan fingerprint density at radius 2 is 2.36 bits per heavy atom. The van der Waals surface area contributed by atoms with E-state index in [4.69, 9.17) is 10.8 Å². The highest BCUT2D eigenvalue weighted by atomic mass is 32.1. The Morgan fingerprint density at radius 1 is 1.64 bits per heavy atom. The predicted octanol–water partition coefficient (Wildman–Crippen LogP) is 0.964. The van der Waals surface area contributed by atoms with Gasteiger partial charge in [-0.05, 0) is 12.8 Å². The second kappa shape index (κ2) is 2.46. The van der Waals surface area contributed by atoms with Gasteiger partial charge in [-0.2, -0.15) is 0 Å². The van der Waals surface area contributed by atoms with Crippen LogP contribution in [0.3, 0.4) is 0 Å². The van der Waals surface area contributed by atoms with Crippen molar-refractivity contribution in [2.75, 3.05) is 5.73 Å². The van der Waals surface area contributed by atoms with Crippen molar-refractivity contribution >= 4 is 16.5 Å². The van der Waals surface area contributed by atoms with Crippen LogP contribution in [-0.4, -0.2) is 16.2 Å². The highest BCUT2D eigenvalue weighted by Crippen LogP contribution is 2.37. The van der Waals surface area contributed by atoms with Gasteiger partial charge in [-0.15, -0.1) is 11.3 Å². The van der Waals surface area contributed by atoms with E-state index in [1.54, 1.807) is 0 Å². The Labute approximate surface area is 68.9 Å². The number of rotatable bonds is 1. The number of nitrogens with two attached hydrogens (primary N) is 1. The van der Waals surface area contributed by atoms with Crippen LogP contribution in [0.4, 0.5) is 5.13 Å². The first-order valence-electron chi connectivity index (χ1n) is 3.64. The minimum atomic E-state index is -0.108. The first-order valence-corrected chi connectivity index (χ1v) is 4.52. The Balaban J connectivity index is 2.07. The first-order chi connectivity index (χ1) is 5.25. The molecule has 60 valence electrons. The highest BCUT2D eigenvalue weighted by Gasteiger charge is 2.29. The second-order valence-electron chi connectivity index (χ2n) is 2.93. The van der Waals surface area contributed by atoms with Gasteiger partial charge in [0.1, 0.15) is 0 Å². The number of thiazole rings is 1. The summed E-state index contributed by atoms with van der Waals surface area (Å²) >= 11 is 1.47. The molecule has 1 fully saturated rings. The van der Waals surface area contributed by atoms with Crippen LogP contribution in [0.1, 0.15) is 24.5 Å². The van der Waals surface area contributed by atoms with Crippen LogP contribution < -0.4 is 5.73 Å². The van der Waals surface area contributed by atoms with Gasteiger partial charge in [0, 0.05) is 11.3 Å². The molecule has 0 aromatic carbocycles. The zero-order chi connectivity index (χ0) is 7.84. The molecule has 1 saturated carbocycles. The van der Waals surface area contributed by atoms with E-state index >= 15 is 0 Å². The van der Waals surface area contributed by atoms with Gasteiger partial charge in [0.25, 0.3) is 0 Å². The molecular weight excluding hydrogens is 160 g/mol. The Morgan fingerprint density at radius 3 is 2.82 bits per heavy atom. The van der Waals surface area contributed by atoms with Crippen LogP contribution in [0.2, 0.25) is 0 Å². The molecule has 2 rings (SSSR count). The fraction of sp³-hybridized carbons (Fsp3) is 0.571. The molecule has 0 saturated heterocycles. The van der Waals surface area contributed by atoms with E-state index < -0.39 is 0 Å². The maximum atomic E-state index is 9.03. The van der Waals surface area contributed by atoms with E-state index in [9.17, 15) is 0 Å². The lowest BCUT2D eigenvalue weighted by Crippen LogP contribution is -2.26. The van der Waals surface area contributed by atoms with Crippen molar-refractivity contribution < 1.29 is 5.11 Å². The Kier molecular flexibility index (Phi) is 1.58. The molecule has 1 aliphatic rings. The molecule has 1 aromatic rings. The maximum absolute atomic E-state index is 9.03. The lowest BCUT2D eigenvalue weighted by atomic mass is 9.81. The molecule has 0 radical (unpaired) electrons. The second-order valence-corrected chi connectivity index (χ2v) is 3.82. The molecule has 0 amide bonds. The van der Waals surface area contributed by atoms with Crippen molar-refractivity contribution in [3.63, 3.8) is 0 Å². The summed E-state index contributed by atoms with van der Waals surface area (Å²) in [4.78, 5) is 4.15. The summed E-state index contributed by atoms with van der Waals surface area (Å²) in [7, 11) is 0. The number of aliphatic hydroxyl groups excluding tert-OH is 1. The Bertz CT molecular complexity index is 255. The molecular formula is C7H10N2OS. The van der Waals surface area contributed by atoms with Crippen molar-refractivity contribution in [2.45, 2.75) is 24.9 Å². The number of hydrogen-bond acceptors (Lipinski definition) is 4. The van der Waals surface area contributed by atoms with Gasteiger partial charge in [-0.3, -0.25) is 0 Å². The van der Waals surface area contributed by atoms with Gasteiger partial charge in [0.05, 0.1) is 11.8 Å². The van der Waals surface area contributed by atoms with Gasteiger partial charge < -0.3 is 10.8 Å². The number of anilines is 1. The fourth-order valence-electron chi connectivity index (χ4n) is 1.32. The smallest absolute Gasteiger partial charge is 0.180 e. The van der Waals surface area contributed by atoms with Crippen LogP contribution in [0.5, 0.6) is 0 Å². The summed E-state index contributed by atoms with van der Waals surface area (Å²) in [6.07, 6.45) is 1.59. The normalized spacial score (nSPS) is 29.9. The summed E-state index contributed by atoms with van der Waals surface area (Å²) in [5.74, 6) is 0.457. The van der Waals surface area contributed by atoms with E-state index in [2.05, 4.69) is 4.98 Å². The maximum Gasteiger partial charge on any atom is 0.180 e. The lowest BCUT2D eigenvalue weighted by molar-refractivity contribution is 0.0734. The van der Waals surface area contributed by atoms with E-state index in [0.29, 0.717) is 11.0 Å². The molecule has 0 spiro atoms. The summed E-state index contributed by atoms with van der Waals surface area (Å²) in [5, 5.41) is 11.6. The molecule has 0 atom stereocenters. The van der Waals surface area contributed by atoms with E-state index in [0.717, 1.165) is 18.5 Å². The molecule has 1 aliphatic carbocycles. The van der Waals surface area contributed by atoms with Gasteiger partial charge in [-0.25, -0.2) is 4.98 Å². The third-order valence-electron chi connectivity index (χ3n) is 2.07. The number of nitrogens with zero attached hydrogens (tertiary/aromatic N) is 1. The molecule has 1 heterocycles. The van der Waals surface area contributed by atoms with E-state index in [1.165, 1.54) is 11.3 Å². The van der Waals surface area contributed by atoms with Crippen molar-refractivity contribution in [3.05, 3.63) is 11.1 Å². The minimum Gasteiger partial charge on any atom is -0.393 e. The number of nitrogen functional groups attached to an aromatic ring is 1. The third-order valence-corrected chi connectivity index (χ3v) is 2.76. The molecule has 0 unspecified atom stereocenters. The highest BCUT2D eigenvalue weighted by molar-refractivity contribution is 7.13. The number of hydrogen-bond donors (Lipinski definition) is 2. The summed E-state index contributed by atoms with van der Waals surface area (Å²) in [6.45, 7) is 0. The first kappa shape index (κ1) is 7.06. The zero-order valence-corrected chi connectivity index (χ0v) is 6.84. The zero-order valence-electron chi connectivity index (χ0n) is 6.03. The number of aliphatic hydroxyl groups is 1. The van der Waals surface area contributed by atoms with Crippen LogP contribution in [0.25, 0.3) is 0 Å². The van der Waals surface area contributed by atoms with Crippen LogP contribution in [0, 0.1) is 0 Å². The topological polar surface area (TPSA) is 59.1 Å². The third kappa shape index (κ3) is 1.23. The van der Waals surface area contributed by atoms with Crippen LogP contribution in [0.15, 0.2) is 5.38 Å². The predicted molar refractivity (Wildman–Crippen MR) is 44.5 cm³/mol. The average molecular weight is 170 g/mol. The SMILES string of the molecule is Nc1nc(C2CC(O)C2)cs1. The van der Waals surface area contributed by atoms with Crippen molar-refractivity contribution in [3.8, 4) is 0 Å². The van der Waals surface area contributed by atoms with Crippen LogP contribution >= 0.6 is 11.3 Å². The molecule has 1 aromatic heterocycles. The van der Waals surface area contributed by atoms with Crippen LogP contribution in [-0.2, 0) is 0 Å². The lowest BCUT2D eigenvalue weighted by Gasteiger charge is -2.29. The molecule has 0 aliphatic heterocycles.